The lowest BCUT2D eigenvalue weighted by molar-refractivity contribution is 0.0989. The minimum atomic E-state index is 0.0852. The number of nitrogens with one attached hydrogen (secondary N) is 1. The van der Waals surface area contributed by atoms with E-state index in [0.29, 0.717) is 0 Å². The summed E-state index contributed by atoms with van der Waals surface area (Å²) in [5.74, 6) is 0.0852. The molecule has 3 heteroatoms. The first kappa shape index (κ1) is 13.7. The van der Waals surface area contributed by atoms with Crippen molar-refractivity contribution in [2.45, 2.75) is 19.8 Å². The lowest BCUT2D eigenvalue weighted by Crippen LogP contribution is -2.28. The summed E-state index contributed by atoms with van der Waals surface area (Å²) in [4.78, 5) is 14.5. The standard InChI is InChI=1S/C18H20N2O/c1-2-12-19-16-9-7-15(8-10-16)18(21)20-13-11-14-5-3-4-6-17(14)20/h3-10,19H,2,11-13H2,1H3. The number of hydrogen-bond donors (Lipinski definition) is 1. The molecule has 0 aliphatic carbocycles. The Morgan fingerprint density at radius 3 is 2.67 bits per heavy atom. The molecule has 0 radical (unpaired) electrons. The van der Waals surface area contributed by atoms with Gasteiger partial charge in [-0.05, 0) is 48.7 Å². The smallest absolute Gasteiger partial charge is 0.258 e. The van der Waals surface area contributed by atoms with Crippen LogP contribution in [0.2, 0.25) is 0 Å². The summed E-state index contributed by atoms with van der Waals surface area (Å²) >= 11 is 0. The van der Waals surface area contributed by atoms with E-state index in [0.717, 1.165) is 42.9 Å². The van der Waals surface area contributed by atoms with Gasteiger partial charge in [-0.25, -0.2) is 0 Å². The van der Waals surface area contributed by atoms with Crippen molar-refractivity contribution in [2.24, 2.45) is 0 Å². The average molecular weight is 280 g/mol. The minimum Gasteiger partial charge on any atom is -0.385 e. The summed E-state index contributed by atoms with van der Waals surface area (Å²) in [6.07, 6.45) is 2.03. The van der Waals surface area contributed by atoms with Crippen LogP contribution >= 0.6 is 0 Å². The molecule has 0 spiro atoms. The van der Waals surface area contributed by atoms with Gasteiger partial charge in [-0.15, -0.1) is 0 Å². The predicted octanol–water partition coefficient (Wildman–Crippen LogP) is 3.71. The Bertz CT molecular complexity index is 634. The van der Waals surface area contributed by atoms with Crippen molar-refractivity contribution in [1.82, 2.24) is 0 Å². The maximum Gasteiger partial charge on any atom is 0.258 e. The normalized spacial score (nSPS) is 13.1. The summed E-state index contributed by atoms with van der Waals surface area (Å²) in [6, 6.07) is 15.9. The number of carbonyl (C=O) groups excluding carboxylic acids is 1. The number of hydrogen-bond acceptors (Lipinski definition) is 2. The van der Waals surface area contributed by atoms with Crippen LogP contribution in [-0.2, 0) is 6.42 Å². The molecule has 1 N–H and O–H groups in total. The molecule has 0 unspecified atom stereocenters. The van der Waals surface area contributed by atoms with E-state index in [2.05, 4.69) is 18.3 Å². The quantitative estimate of drug-likeness (QED) is 0.926. The third kappa shape index (κ3) is 2.77. The molecule has 3 rings (SSSR count). The van der Waals surface area contributed by atoms with E-state index in [1.807, 2.05) is 47.4 Å². The molecule has 0 saturated heterocycles. The number of carbonyl (C=O) groups is 1. The zero-order chi connectivity index (χ0) is 14.7. The fourth-order valence-corrected chi connectivity index (χ4v) is 2.71. The van der Waals surface area contributed by atoms with Crippen LogP contribution in [0.5, 0.6) is 0 Å². The second kappa shape index (κ2) is 6.00. The fourth-order valence-electron chi connectivity index (χ4n) is 2.71. The van der Waals surface area contributed by atoms with E-state index in [9.17, 15) is 4.79 Å². The molecule has 1 aliphatic heterocycles. The maximum atomic E-state index is 12.6. The van der Waals surface area contributed by atoms with Gasteiger partial charge < -0.3 is 10.2 Å². The third-order valence-electron chi connectivity index (χ3n) is 3.84. The van der Waals surface area contributed by atoms with E-state index in [1.54, 1.807) is 0 Å². The fraction of sp³-hybridized carbons (Fsp3) is 0.278. The molecule has 0 fully saturated rings. The highest BCUT2D eigenvalue weighted by Crippen LogP contribution is 2.28. The summed E-state index contributed by atoms with van der Waals surface area (Å²) in [5.41, 5.74) is 4.12. The summed E-state index contributed by atoms with van der Waals surface area (Å²) in [5, 5.41) is 3.32. The zero-order valence-corrected chi connectivity index (χ0v) is 12.3. The van der Waals surface area contributed by atoms with Crippen molar-refractivity contribution in [2.75, 3.05) is 23.3 Å². The van der Waals surface area contributed by atoms with Crippen LogP contribution in [0.15, 0.2) is 48.5 Å². The number of rotatable bonds is 4. The molecule has 0 saturated carbocycles. The second-order valence-electron chi connectivity index (χ2n) is 5.34. The van der Waals surface area contributed by atoms with Gasteiger partial charge in [0.05, 0.1) is 0 Å². The molecule has 1 heterocycles. The van der Waals surface area contributed by atoms with E-state index in [1.165, 1.54) is 5.56 Å². The van der Waals surface area contributed by atoms with Gasteiger partial charge in [0, 0.05) is 30.0 Å². The SMILES string of the molecule is CCCNc1ccc(C(=O)N2CCc3ccccc32)cc1. The van der Waals surface area contributed by atoms with E-state index < -0.39 is 0 Å². The van der Waals surface area contributed by atoms with Gasteiger partial charge in [0.1, 0.15) is 0 Å². The molecular formula is C18H20N2O. The highest BCUT2D eigenvalue weighted by atomic mass is 16.2. The number of fused-ring (bicyclic) bond motifs is 1. The Labute approximate surface area is 125 Å². The van der Waals surface area contributed by atoms with Gasteiger partial charge in [-0.2, -0.15) is 0 Å². The Morgan fingerprint density at radius 1 is 1.14 bits per heavy atom. The molecule has 2 aromatic carbocycles. The van der Waals surface area contributed by atoms with Crippen LogP contribution in [0.4, 0.5) is 11.4 Å². The molecule has 108 valence electrons. The maximum absolute atomic E-state index is 12.6. The molecule has 0 atom stereocenters. The summed E-state index contributed by atoms with van der Waals surface area (Å²) in [7, 11) is 0. The molecule has 2 aromatic rings. The Kier molecular flexibility index (Phi) is 3.91. The number of nitrogens with zero attached hydrogens (tertiary/aromatic N) is 1. The van der Waals surface area contributed by atoms with Gasteiger partial charge in [0.2, 0.25) is 0 Å². The topological polar surface area (TPSA) is 32.3 Å². The highest BCUT2D eigenvalue weighted by molar-refractivity contribution is 6.07. The summed E-state index contributed by atoms with van der Waals surface area (Å²) < 4.78 is 0. The van der Waals surface area contributed by atoms with Crippen LogP contribution in [0.3, 0.4) is 0 Å². The molecule has 0 bridgehead atoms. The first-order valence-electron chi connectivity index (χ1n) is 7.53. The first-order chi connectivity index (χ1) is 10.3. The first-order valence-corrected chi connectivity index (χ1v) is 7.53. The molecule has 21 heavy (non-hydrogen) atoms. The van der Waals surface area contributed by atoms with Crippen LogP contribution in [0.1, 0.15) is 29.3 Å². The lowest BCUT2D eigenvalue weighted by atomic mass is 10.1. The molecule has 3 nitrogen and oxygen atoms in total. The Morgan fingerprint density at radius 2 is 1.90 bits per heavy atom. The molecule has 1 aliphatic rings. The zero-order valence-electron chi connectivity index (χ0n) is 12.3. The third-order valence-corrected chi connectivity index (χ3v) is 3.84. The van der Waals surface area contributed by atoms with E-state index >= 15 is 0 Å². The number of benzene rings is 2. The summed E-state index contributed by atoms with van der Waals surface area (Å²) in [6.45, 7) is 3.86. The number of amides is 1. The van der Waals surface area contributed by atoms with Crippen molar-refractivity contribution in [1.29, 1.82) is 0 Å². The lowest BCUT2D eigenvalue weighted by Gasteiger charge is -2.17. The Hall–Kier alpha value is -2.29. The van der Waals surface area contributed by atoms with Crippen LogP contribution in [-0.4, -0.2) is 19.0 Å². The van der Waals surface area contributed by atoms with Crippen LogP contribution in [0, 0.1) is 0 Å². The van der Waals surface area contributed by atoms with Gasteiger partial charge in [-0.1, -0.05) is 25.1 Å². The molecular weight excluding hydrogens is 260 g/mol. The average Bonchev–Trinajstić information content (AvgIpc) is 2.97. The highest BCUT2D eigenvalue weighted by Gasteiger charge is 2.24. The Balaban J connectivity index is 1.77. The van der Waals surface area contributed by atoms with Gasteiger partial charge >= 0.3 is 0 Å². The van der Waals surface area contributed by atoms with E-state index in [-0.39, 0.29) is 5.91 Å². The monoisotopic (exact) mass is 280 g/mol. The van der Waals surface area contributed by atoms with Crippen molar-refractivity contribution >= 4 is 17.3 Å². The van der Waals surface area contributed by atoms with E-state index in [4.69, 9.17) is 0 Å². The number of anilines is 2. The van der Waals surface area contributed by atoms with Crippen molar-refractivity contribution < 1.29 is 4.79 Å². The molecule has 0 aromatic heterocycles. The second-order valence-corrected chi connectivity index (χ2v) is 5.34. The van der Waals surface area contributed by atoms with Gasteiger partial charge in [-0.3, -0.25) is 4.79 Å². The largest absolute Gasteiger partial charge is 0.385 e. The van der Waals surface area contributed by atoms with Crippen LogP contribution < -0.4 is 10.2 Å². The number of para-hydroxylation sites is 1. The van der Waals surface area contributed by atoms with Crippen molar-refractivity contribution in [3.63, 3.8) is 0 Å². The van der Waals surface area contributed by atoms with Crippen LogP contribution in [0.25, 0.3) is 0 Å². The predicted molar refractivity (Wildman–Crippen MR) is 87.0 cm³/mol. The van der Waals surface area contributed by atoms with Crippen molar-refractivity contribution in [3.05, 3.63) is 59.7 Å². The molecule has 1 amide bonds. The van der Waals surface area contributed by atoms with Gasteiger partial charge in [0.15, 0.2) is 0 Å². The minimum absolute atomic E-state index is 0.0852. The van der Waals surface area contributed by atoms with Gasteiger partial charge in [0.25, 0.3) is 5.91 Å². The van der Waals surface area contributed by atoms with Crippen molar-refractivity contribution in [3.8, 4) is 0 Å².